The summed E-state index contributed by atoms with van der Waals surface area (Å²) >= 11 is 1.83. The van der Waals surface area contributed by atoms with Gasteiger partial charge in [0.2, 0.25) is 5.95 Å². The summed E-state index contributed by atoms with van der Waals surface area (Å²) in [4.78, 5) is 10.7. The van der Waals surface area contributed by atoms with E-state index < -0.39 is 0 Å². The number of nitrogens with zero attached hydrogens (tertiary/aromatic N) is 4. The molecule has 0 aliphatic rings. The summed E-state index contributed by atoms with van der Waals surface area (Å²) in [6.45, 7) is 0. The van der Waals surface area contributed by atoms with Crippen molar-refractivity contribution in [2.45, 2.75) is 0 Å². The van der Waals surface area contributed by atoms with Crippen molar-refractivity contribution in [1.82, 2.24) is 19.1 Å². The van der Waals surface area contributed by atoms with Crippen molar-refractivity contribution in [1.29, 1.82) is 0 Å². The fourth-order valence-corrected chi connectivity index (χ4v) is 7.39. The predicted octanol–water partition coefficient (Wildman–Crippen LogP) is 9.55. The first-order chi connectivity index (χ1) is 20.3. The van der Waals surface area contributed by atoms with Crippen molar-refractivity contribution >= 4 is 64.3 Å². The lowest BCUT2D eigenvalue weighted by Gasteiger charge is -2.12. The normalized spacial score (nSPS) is 11.9. The molecule has 192 valence electrons. The van der Waals surface area contributed by atoms with E-state index in [1.54, 1.807) is 0 Å². The zero-order chi connectivity index (χ0) is 26.9. The quantitative estimate of drug-likeness (QED) is 0.223. The number of benzene rings is 5. The van der Waals surface area contributed by atoms with E-state index in [1.165, 1.54) is 30.9 Å². The fraction of sp³-hybridized carbons (Fsp3) is 0. The Bertz CT molecular complexity index is 2370. The second-order valence-corrected chi connectivity index (χ2v) is 11.3. The van der Waals surface area contributed by atoms with Gasteiger partial charge in [-0.25, -0.2) is 4.98 Å². The van der Waals surface area contributed by atoms with E-state index in [-0.39, 0.29) is 0 Å². The van der Waals surface area contributed by atoms with Crippen molar-refractivity contribution in [3.05, 3.63) is 134 Å². The average molecular weight is 543 g/mol. The zero-order valence-electron chi connectivity index (χ0n) is 21.9. The van der Waals surface area contributed by atoms with Crippen molar-refractivity contribution in [3.8, 4) is 22.9 Å². The highest BCUT2D eigenvalue weighted by molar-refractivity contribution is 7.26. The standard InChI is InChI=1S/C36H22N4S/c1-2-11-23(12-3-1)39-22-21-29-33(28-17-10-16-27-26-15-6-9-20-32(26)41-34(27)28)37-36(38-35(29)39)40-30-18-7-4-13-24(30)25-14-5-8-19-31(25)40/h1-22H. The topological polar surface area (TPSA) is 35.6 Å². The third-order valence-corrected chi connectivity index (χ3v) is 9.23. The van der Waals surface area contributed by atoms with Crippen LogP contribution in [0.4, 0.5) is 0 Å². The summed E-state index contributed by atoms with van der Waals surface area (Å²) in [5, 5.41) is 5.96. The monoisotopic (exact) mass is 542 g/mol. The molecule has 0 radical (unpaired) electrons. The van der Waals surface area contributed by atoms with Gasteiger partial charge in [0.25, 0.3) is 0 Å². The van der Waals surface area contributed by atoms with Crippen LogP contribution >= 0.6 is 11.3 Å². The van der Waals surface area contributed by atoms with Crippen LogP contribution in [0.5, 0.6) is 0 Å². The van der Waals surface area contributed by atoms with E-state index in [1.807, 2.05) is 17.4 Å². The Morgan fingerprint density at radius 2 is 1.17 bits per heavy atom. The molecule has 0 atom stereocenters. The molecule has 0 N–H and O–H groups in total. The van der Waals surface area contributed by atoms with E-state index in [0.717, 1.165) is 39.0 Å². The molecule has 9 rings (SSSR count). The van der Waals surface area contributed by atoms with Crippen LogP contribution in [-0.2, 0) is 0 Å². The van der Waals surface area contributed by atoms with Gasteiger partial charge < -0.3 is 4.57 Å². The molecule has 0 aliphatic carbocycles. The first-order valence-electron chi connectivity index (χ1n) is 13.7. The fourth-order valence-electron chi connectivity index (χ4n) is 6.18. The van der Waals surface area contributed by atoms with Gasteiger partial charge in [0.1, 0.15) is 0 Å². The molecule has 9 aromatic rings. The molecule has 5 heteroatoms. The molecule has 0 bridgehead atoms. The largest absolute Gasteiger partial charge is 0.301 e. The Morgan fingerprint density at radius 1 is 0.512 bits per heavy atom. The van der Waals surface area contributed by atoms with E-state index in [2.05, 4.69) is 137 Å². The summed E-state index contributed by atoms with van der Waals surface area (Å²) in [5.41, 5.74) is 6.22. The SMILES string of the molecule is c1ccc(-n2ccc3c(-c4cccc5c4sc4ccccc45)nc(-n4c5ccccc5c5ccccc54)nc32)cc1. The van der Waals surface area contributed by atoms with Crippen molar-refractivity contribution in [2.75, 3.05) is 0 Å². The van der Waals surface area contributed by atoms with Crippen LogP contribution in [0.25, 0.3) is 75.9 Å². The molecule has 0 saturated carbocycles. The van der Waals surface area contributed by atoms with Gasteiger partial charge in [-0.3, -0.25) is 4.57 Å². The number of hydrogen-bond donors (Lipinski definition) is 0. The molecular formula is C36H22N4S. The molecule has 0 spiro atoms. The minimum Gasteiger partial charge on any atom is -0.301 e. The maximum Gasteiger partial charge on any atom is 0.237 e. The van der Waals surface area contributed by atoms with Gasteiger partial charge in [0.05, 0.1) is 16.7 Å². The molecule has 0 unspecified atom stereocenters. The molecule has 0 aliphatic heterocycles. The highest BCUT2D eigenvalue weighted by Crippen LogP contribution is 2.42. The molecule has 0 saturated heterocycles. The third kappa shape index (κ3) is 3.27. The van der Waals surface area contributed by atoms with E-state index in [0.29, 0.717) is 5.95 Å². The first kappa shape index (κ1) is 22.5. The van der Waals surface area contributed by atoms with Crippen LogP contribution in [0.1, 0.15) is 0 Å². The highest BCUT2D eigenvalue weighted by atomic mass is 32.1. The Morgan fingerprint density at radius 3 is 1.95 bits per heavy atom. The summed E-state index contributed by atoms with van der Waals surface area (Å²) < 4.78 is 6.91. The zero-order valence-corrected chi connectivity index (χ0v) is 22.7. The van der Waals surface area contributed by atoms with Crippen molar-refractivity contribution < 1.29 is 0 Å². The maximum absolute atomic E-state index is 5.39. The molecule has 4 nitrogen and oxygen atoms in total. The predicted molar refractivity (Wildman–Crippen MR) is 172 cm³/mol. The molecule has 41 heavy (non-hydrogen) atoms. The van der Waals surface area contributed by atoms with E-state index in [4.69, 9.17) is 9.97 Å². The summed E-state index contributed by atoms with van der Waals surface area (Å²) in [5.74, 6) is 0.666. The van der Waals surface area contributed by atoms with Gasteiger partial charge in [-0.15, -0.1) is 11.3 Å². The Hall–Kier alpha value is -5.26. The second kappa shape index (κ2) is 8.62. The number of thiophene rings is 1. The van der Waals surface area contributed by atoms with Crippen molar-refractivity contribution in [3.63, 3.8) is 0 Å². The number of rotatable bonds is 3. The lowest BCUT2D eigenvalue weighted by Crippen LogP contribution is -2.05. The third-order valence-electron chi connectivity index (χ3n) is 8.01. The Balaban J connectivity index is 1.43. The Kier molecular flexibility index (Phi) is 4.74. The lowest BCUT2D eigenvalue weighted by molar-refractivity contribution is 0.989. The van der Waals surface area contributed by atoms with Crippen LogP contribution in [0.3, 0.4) is 0 Å². The molecule has 4 heterocycles. The molecule has 0 amide bonds. The first-order valence-corrected chi connectivity index (χ1v) is 14.5. The minimum atomic E-state index is 0.666. The number of hydrogen-bond acceptors (Lipinski definition) is 3. The maximum atomic E-state index is 5.39. The van der Waals surface area contributed by atoms with Crippen LogP contribution < -0.4 is 0 Å². The van der Waals surface area contributed by atoms with Gasteiger partial charge in [-0.05, 0) is 36.4 Å². The molecule has 4 aromatic heterocycles. The van der Waals surface area contributed by atoms with Gasteiger partial charge in [0, 0.05) is 53.8 Å². The summed E-state index contributed by atoms with van der Waals surface area (Å²) in [7, 11) is 0. The molecule has 0 fully saturated rings. The number of aromatic nitrogens is 4. The minimum absolute atomic E-state index is 0.666. The van der Waals surface area contributed by atoms with Crippen molar-refractivity contribution in [2.24, 2.45) is 0 Å². The summed E-state index contributed by atoms with van der Waals surface area (Å²) in [6.07, 6.45) is 2.11. The van der Waals surface area contributed by atoms with Gasteiger partial charge in [0.15, 0.2) is 5.65 Å². The van der Waals surface area contributed by atoms with Gasteiger partial charge in [-0.1, -0.05) is 91.0 Å². The van der Waals surface area contributed by atoms with Gasteiger partial charge >= 0.3 is 0 Å². The molecule has 5 aromatic carbocycles. The second-order valence-electron chi connectivity index (χ2n) is 10.3. The average Bonchev–Trinajstić information content (AvgIpc) is 3.73. The Labute approximate surface area is 239 Å². The number of fused-ring (bicyclic) bond motifs is 7. The van der Waals surface area contributed by atoms with E-state index in [9.17, 15) is 0 Å². The van der Waals surface area contributed by atoms with Crippen LogP contribution in [-0.4, -0.2) is 19.1 Å². The highest BCUT2D eigenvalue weighted by Gasteiger charge is 2.21. The lowest BCUT2D eigenvalue weighted by atomic mass is 10.1. The number of para-hydroxylation sites is 3. The summed E-state index contributed by atoms with van der Waals surface area (Å²) in [6, 6.07) is 44.8. The van der Waals surface area contributed by atoms with Crippen LogP contribution in [0.15, 0.2) is 134 Å². The molecular weight excluding hydrogens is 520 g/mol. The van der Waals surface area contributed by atoms with Crippen LogP contribution in [0.2, 0.25) is 0 Å². The van der Waals surface area contributed by atoms with Gasteiger partial charge in [-0.2, -0.15) is 4.98 Å². The van der Waals surface area contributed by atoms with Crippen LogP contribution in [0, 0.1) is 0 Å². The smallest absolute Gasteiger partial charge is 0.237 e. The van der Waals surface area contributed by atoms with E-state index >= 15 is 0 Å².